The van der Waals surface area contributed by atoms with E-state index in [2.05, 4.69) is 5.32 Å². The van der Waals surface area contributed by atoms with Crippen LogP contribution in [0.25, 0.3) is 0 Å². The summed E-state index contributed by atoms with van der Waals surface area (Å²) in [6, 6.07) is 5.28. The van der Waals surface area contributed by atoms with Gasteiger partial charge in [-0.2, -0.15) is 0 Å². The highest BCUT2D eigenvalue weighted by atomic mass is 35.5. The SMILES string of the molecule is O=C(O)C1CCNc2cc(Cl)ccc21. The van der Waals surface area contributed by atoms with Gasteiger partial charge in [0.05, 0.1) is 5.92 Å². The lowest BCUT2D eigenvalue weighted by molar-refractivity contribution is -0.138. The first-order valence-corrected chi connectivity index (χ1v) is 4.82. The third-order valence-corrected chi connectivity index (χ3v) is 2.67. The minimum Gasteiger partial charge on any atom is -0.481 e. The standard InChI is InChI=1S/C10H10ClNO2/c11-6-1-2-7-8(10(13)14)3-4-12-9(7)5-6/h1-2,5,8,12H,3-4H2,(H,13,14). The molecule has 0 aliphatic carbocycles. The van der Waals surface area contributed by atoms with Gasteiger partial charge < -0.3 is 10.4 Å². The third kappa shape index (κ3) is 1.55. The van der Waals surface area contributed by atoms with Crippen LogP contribution in [0.15, 0.2) is 18.2 Å². The molecule has 0 bridgehead atoms. The van der Waals surface area contributed by atoms with Crippen LogP contribution in [0.2, 0.25) is 5.02 Å². The van der Waals surface area contributed by atoms with E-state index >= 15 is 0 Å². The first-order valence-electron chi connectivity index (χ1n) is 4.44. The number of rotatable bonds is 1. The minimum atomic E-state index is -0.768. The summed E-state index contributed by atoms with van der Waals surface area (Å²) in [5.74, 6) is -1.17. The molecule has 1 aromatic carbocycles. The summed E-state index contributed by atoms with van der Waals surface area (Å²) < 4.78 is 0. The summed E-state index contributed by atoms with van der Waals surface area (Å²) in [6.45, 7) is 0.685. The predicted octanol–water partition coefficient (Wildman–Crippen LogP) is 2.32. The van der Waals surface area contributed by atoms with Gasteiger partial charge in [0, 0.05) is 17.3 Å². The van der Waals surface area contributed by atoms with Gasteiger partial charge in [-0.1, -0.05) is 17.7 Å². The molecule has 14 heavy (non-hydrogen) atoms. The number of carbonyl (C=O) groups is 1. The zero-order valence-corrected chi connectivity index (χ0v) is 8.21. The molecule has 1 aromatic rings. The van der Waals surface area contributed by atoms with Crippen molar-refractivity contribution < 1.29 is 9.90 Å². The molecule has 2 rings (SSSR count). The van der Waals surface area contributed by atoms with Crippen molar-refractivity contribution >= 4 is 23.3 Å². The maximum atomic E-state index is 10.9. The molecule has 1 aliphatic heterocycles. The Morgan fingerprint density at radius 3 is 3.07 bits per heavy atom. The normalized spacial score (nSPS) is 19.6. The van der Waals surface area contributed by atoms with E-state index in [9.17, 15) is 4.79 Å². The average Bonchev–Trinajstić information content (AvgIpc) is 2.16. The van der Waals surface area contributed by atoms with Crippen molar-refractivity contribution in [1.29, 1.82) is 0 Å². The van der Waals surface area contributed by atoms with Gasteiger partial charge in [-0.15, -0.1) is 0 Å². The highest BCUT2D eigenvalue weighted by Gasteiger charge is 2.25. The zero-order chi connectivity index (χ0) is 10.1. The zero-order valence-electron chi connectivity index (χ0n) is 7.46. The number of hydrogen-bond acceptors (Lipinski definition) is 2. The molecule has 0 saturated carbocycles. The molecule has 2 N–H and O–H groups in total. The summed E-state index contributed by atoms with van der Waals surface area (Å²) in [6.07, 6.45) is 0.629. The van der Waals surface area contributed by atoms with Crippen molar-refractivity contribution in [3.8, 4) is 0 Å². The maximum absolute atomic E-state index is 10.9. The molecule has 0 radical (unpaired) electrons. The summed E-state index contributed by atoms with van der Waals surface area (Å²) in [4.78, 5) is 10.9. The number of carboxylic acid groups (broad SMARTS) is 1. The van der Waals surface area contributed by atoms with Crippen LogP contribution in [-0.2, 0) is 4.79 Å². The van der Waals surface area contributed by atoms with Crippen LogP contribution >= 0.6 is 11.6 Å². The van der Waals surface area contributed by atoms with Gasteiger partial charge >= 0.3 is 5.97 Å². The topological polar surface area (TPSA) is 49.3 Å². The van der Waals surface area contributed by atoms with Crippen molar-refractivity contribution in [3.05, 3.63) is 28.8 Å². The van der Waals surface area contributed by atoms with Gasteiger partial charge in [0.1, 0.15) is 0 Å². The van der Waals surface area contributed by atoms with E-state index in [0.717, 1.165) is 11.3 Å². The highest BCUT2D eigenvalue weighted by molar-refractivity contribution is 6.30. The molecule has 0 amide bonds. The molecule has 0 aromatic heterocycles. The van der Waals surface area contributed by atoms with Crippen molar-refractivity contribution in [3.63, 3.8) is 0 Å². The van der Waals surface area contributed by atoms with E-state index in [1.54, 1.807) is 18.2 Å². The van der Waals surface area contributed by atoms with Crippen LogP contribution in [0.3, 0.4) is 0 Å². The van der Waals surface area contributed by atoms with Gasteiger partial charge in [0.15, 0.2) is 0 Å². The molecule has 1 unspecified atom stereocenters. The molecule has 4 heteroatoms. The molecule has 0 fully saturated rings. The lowest BCUT2D eigenvalue weighted by atomic mass is 9.91. The van der Waals surface area contributed by atoms with Gasteiger partial charge in [0.25, 0.3) is 0 Å². The number of fused-ring (bicyclic) bond motifs is 1. The molecule has 74 valence electrons. The van der Waals surface area contributed by atoms with Crippen LogP contribution in [0.5, 0.6) is 0 Å². The van der Waals surface area contributed by atoms with Crippen molar-refractivity contribution in [2.24, 2.45) is 0 Å². The van der Waals surface area contributed by atoms with E-state index < -0.39 is 11.9 Å². The Morgan fingerprint density at radius 1 is 1.57 bits per heavy atom. The highest BCUT2D eigenvalue weighted by Crippen LogP contribution is 2.33. The second kappa shape index (κ2) is 3.50. The van der Waals surface area contributed by atoms with Gasteiger partial charge in [-0.25, -0.2) is 0 Å². The largest absolute Gasteiger partial charge is 0.481 e. The molecule has 1 heterocycles. The molecule has 3 nitrogen and oxygen atoms in total. The molecule has 0 saturated heterocycles. The predicted molar refractivity (Wildman–Crippen MR) is 54.9 cm³/mol. The van der Waals surface area contributed by atoms with E-state index in [1.807, 2.05) is 0 Å². The summed E-state index contributed by atoms with van der Waals surface area (Å²) in [5, 5.41) is 12.8. The average molecular weight is 212 g/mol. The molecule has 1 atom stereocenters. The van der Waals surface area contributed by atoms with E-state index in [0.29, 0.717) is 18.0 Å². The lowest BCUT2D eigenvalue weighted by Gasteiger charge is -2.23. The van der Waals surface area contributed by atoms with Crippen molar-refractivity contribution in [1.82, 2.24) is 0 Å². The second-order valence-electron chi connectivity index (χ2n) is 3.34. The Balaban J connectivity index is 2.44. The Kier molecular flexibility index (Phi) is 2.33. The van der Waals surface area contributed by atoms with Gasteiger partial charge in [-0.05, 0) is 24.1 Å². The fourth-order valence-electron chi connectivity index (χ4n) is 1.75. The number of carboxylic acids is 1. The smallest absolute Gasteiger partial charge is 0.311 e. The second-order valence-corrected chi connectivity index (χ2v) is 3.77. The van der Waals surface area contributed by atoms with Crippen molar-refractivity contribution in [2.45, 2.75) is 12.3 Å². The summed E-state index contributed by atoms with van der Waals surface area (Å²) >= 11 is 5.82. The molecule has 1 aliphatic rings. The van der Waals surface area contributed by atoms with Gasteiger partial charge in [-0.3, -0.25) is 4.79 Å². The fraction of sp³-hybridized carbons (Fsp3) is 0.300. The van der Waals surface area contributed by atoms with Crippen LogP contribution in [0.1, 0.15) is 17.9 Å². The van der Waals surface area contributed by atoms with Gasteiger partial charge in [0.2, 0.25) is 0 Å². The summed E-state index contributed by atoms with van der Waals surface area (Å²) in [7, 11) is 0. The number of hydrogen-bond donors (Lipinski definition) is 2. The molecular formula is C10H10ClNO2. The molecular weight excluding hydrogens is 202 g/mol. The number of benzene rings is 1. The molecule has 0 spiro atoms. The van der Waals surface area contributed by atoms with Crippen molar-refractivity contribution in [2.75, 3.05) is 11.9 Å². The number of halogens is 1. The van der Waals surface area contributed by atoms with E-state index in [4.69, 9.17) is 16.7 Å². The first-order chi connectivity index (χ1) is 6.68. The quantitative estimate of drug-likeness (QED) is 0.750. The fourth-order valence-corrected chi connectivity index (χ4v) is 1.92. The number of anilines is 1. The summed E-state index contributed by atoms with van der Waals surface area (Å²) in [5.41, 5.74) is 1.67. The monoisotopic (exact) mass is 211 g/mol. The minimum absolute atomic E-state index is 0.400. The Morgan fingerprint density at radius 2 is 2.36 bits per heavy atom. The van der Waals surface area contributed by atoms with Crippen LogP contribution < -0.4 is 5.32 Å². The van der Waals surface area contributed by atoms with E-state index in [-0.39, 0.29) is 0 Å². The Hall–Kier alpha value is -1.22. The Bertz CT molecular complexity index is 378. The Labute approximate surface area is 86.7 Å². The van der Waals surface area contributed by atoms with Crippen LogP contribution in [0.4, 0.5) is 5.69 Å². The van der Waals surface area contributed by atoms with E-state index in [1.165, 1.54) is 0 Å². The third-order valence-electron chi connectivity index (χ3n) is 2.44. The van der Waals surface area contributed by atoms with Crippen LogP contribution in [-0.4, -0.2) is 17.6 Å². The number of nitrogens with one attached hydrogen (secondary N) is 1. The lowest BCUT2D eigenvalue weighted by Crippen LogP contribution is -2.22. The number of aliphatic carboxylic acids is 1. The van der Waals surface area contributed by atoms with Crippen LogP contribution in [0, 0.1) is 0 Å². The maximum Gasteiger partial charge on any atom is 0.311 e. The first kappa shape index (κ1) is 9.34.